The van der Waals surface area contributed by atoms with Crippen LogP contribution in [0.5, 0.6) is 5.88 Å². The van der Waals surface area contributed by atoms with Gasteiger partial charge in [0.1, 0.15) is 5.82 Å². The van der Waals surface area contributed by atoms with E-state index >= 15 is 0 Å². The summed E-state index contributed by atoms with van der Waals surface area (Å²) in [6.45, 7) is 0. The molecule has 0 aliphatic heterocycles. The second-order valence-corrected chi connectivity index (χ2v) is 6.88. The number of rotatable bonds is 6. The maximum Gasteiger partial charge on any atom is 0.224 e. The van der Waals surface area contributed by atoms with Crippen LogP contribution in [0.2, 0.25) is 5.02 Å². The van der Waals surface area contributed by atoms with E-state index in [4.69, 9.17) is 16.3 Å². The number of pyridine rings is 1. The molecule has 1 heterocycles. The number of hydrogen-bond acceptors (Lipinski definition) is 4. The van der Waals surface area contributed by atoms with E-state index in [1.54, 1.807) is 12.3 Å². The van der Waals surface area contributed by atoms with Crippen molar-refractivity contribution >= 4 is 17.5 Å². The van der Waals surface area contributed by atoms with E-state index in [2.05, 4.69) is 10.3 Å². The lowest BCUT2D eigenvalue weighted by Gasteiger charge is -2.38. The largest absolute Gasteiger partial charge is 0.481 e. The van der Waals surface area contributed by atoms with Crippen LogP contribution in [0.3, 0.4) is 0 Å². The topological polar surface area (TPSA) is 71.5 Å². The maximum atomic E-state index is 13.1. The van der Waals surface area contributed by atoms with Crippen LogP contribution in [-0.2, 0) is 11.2 Å². The lowest BCUT2D eigenvalue weighted by molar-refractivity contribution is -0.122. The highest BCUT2D eigenvalue weighted by Gasteiger charge is 2.35. The van der Waals surface area contributed by atoms with Crippen molar-refractivity contribution in [3.05, 3.63) is 58.5 Å². The number of methoxy groups -OCH3 is 1. The highest BCUT2D eigenvalue weighted by atomic mass is 35.5. The molecule has 0 saturated heterocycles. The van der Waals surface area contributed by atoms with Crippen LogP contribution in [0.15, 0.2) is 36.5 Å². The summed E-state index contributed by atoms with van der Waals surface area (Å²) in [7, 11) is 1.54. The van der Waals surface area contributed by atoms with Gasteiger partial charge in [0.25, 0.3) is 0 Å². The summed E-state index contributed by atoms with van der Waals surface area (Å²) in [6, 6.07) is 7.31. The van der Waals surface area contributed by atoms with Crippen molar-refractivity contribution < 1.29 is 19.0 Å². The first-order valence-corrected chi connectivity index (χ1v) is 8.75. The van der Waals surface area contributed by atoms with Gasteiger partial charge in [0.05, 0.1) is 25.7 Å². The first-order chi connectivity index (χ1) is 12.5. The van der Waals surface area contributed by atoms with Gasteiger partial charge in [-0.3, -0.25) is 4.79 Å². The molecule has 1 aromatic carbocycles. The molecule has 7 heteroatoms. The van der Waals surface area contributed by atoms with Crippen molar-refractivity contribution in [3.63, 3.8) is 0 Å². The number of aliphatic hydroxyl groups is 1. The van der Waals surface area contributed by atoms with Gasteiger partial charge in [-0.05, 0) is 42.0 Å². The highest BCUT2D eigenvalue weighted by molar-refractivity contribution is 6.31. The SMILES string of the molecule is COc1ccc([C@H](NC(=O)Cc2ccc(F)cc2Cl)C2CC(O)C2)cn1. The second-order valence-electron chi connectivity index (χ2n) is 6.48. The number of amides is 1. The molecule has 2 N–H and O–H groups in total. The van der Waals surface area contributed by atoms with Crippen LogP contribution in [0.4, 0.5) is 4.39 Å². The minimum absolute atomic E-state index is 0.0501. The van der Waals surface area contributed by atoms with Crippen molar-refractivity contribution in [3.8, 4) is 5.88 Å². The average Bonchev–Trinajstić information content (AvgIpc) is 2.60. The monoisotopic (exact) mass is 378 g/mol. The molecule has 26 heavy (non-hydrogen) atoms. The molecule has 1 fully saturated rings. The lowest BCUT2D eigenvalue weighted by atomic mass is 9.75. The van der Waals surface area contributed by atoms with Gasteiger partial charge in [-0.15, -0.1) is 0 Å². The zero-order valence-corrected chi connectivity index (χ0v) is 15.0. The molecule has 5 nitrogen and oxygen atoms in total. The van der Waals surface area contributed by atoms with E-state index in [1.165, 1.54) is 25.3 Å². The van der Waals surface area contributed by atoms with Crippen molar-refractivity contribution in [2.75, 3.05) is 7.11 Å². The fraction of sp³-hybridized carbons (Fsp3) is 0.368. The van der Waals surface area contributed by atoms with E-state index in [0.29, 0.717) is 24.3 Å². The van der Waals surface area contributed by atoms with E-state index in [1.807, 2.05) is 6.07 Å². The van der Waals surface area contributed by atoms with Crippen LogP contribution in [-0.4, -0.2) is 29.2 Å². The van der Waals surface area contributed by atoms with Crippen molar-refractivity contribution in [2.24, 2.45) is 5.92 Å². The van der Waals surface area contributed by atoms with E-state index in [-0.39, 0.29) is 35.4 Å². The molecule has 0 bridgehead atoms. The number of halogens is 2. The first-order valence-electron chi connectivity index (χ1n) is 8.37. The van der Waals surface area contributed by atoms with E-state index in [9.17, 15) is 14.3 Å². The summed E-state index contributed by atoms with van der Waals surface area (Å²) in [4.78, 5) is 16.7. The Morgan fingerprint density at radius 3 is 2.77 bits per heavy atom. The van der Waals surface area contributed by atoms with Gasteiger partial charge < -0.3 is 15.2 Å². The van der Waals surface area contributed by atoms with Crippen molar-refractivity contribution in [2.45, 2.75) is 31.4 Å². The maximum absolute atomic E-state index is 13.1. The molecule has 0 spiro atoms. The van der Waals surface area contributed by atoms with E-state index in [0.717, 1.165) is 5.56 Å². The number of nitrogens with zero attached hydrogens (tertiary/aromatic N) is 1. The Kier molecular flexibility index (Phi) is 5.74. The Balaban J connectivity index is 1.73. The Morgan fingerprint density at radius 1 is 1.42 bits per heavy atom. The molecule has 2 aromatic rings. The first kappa shape index (κ1) is 18.6. The van der Waals surface area contributed by atoms with Crippen LogP contribution >= 0.6 is 11.6 Å². The Labute approximate surface area is 156 Å². The summed E-state index contributed by atoms with van der Waals surface area (Å²) in [5.41, 5.74) is 1.41. The summed E-state index contributed by atoms with van der Waals surface area (Å²) >= 11 is 6.00. The van der Waals surface area contributed by atoms with Gasteiger partial charge in [-0.1, -0.05) is 23.7 Å². The molecular formula is C19H20ClFN2O3. The molecule has 1 amide bonds. The van der Waals surface area contributed by atoms with Gasteiger partial charge in [-0.25, -0.2) is 9.37 Å². The predicted molar refractivity (Wildman–Crippen MR) is 95.5 cm³/mol. The zero-order chi connectivity index (χ0) is 18.7. The summed E-state index contributed by atoms with van der Waals surface area (Å²) in [6.07, 6.45) is 2.62. The highest BCUT2D eigenvalue weighted by Crippen LogP contribution is 2.38. The van der Waals surface area contributed by atoms with Crippen molar-refractivity contribution in [1.29, 1.82) is 0 Å². The molecule has 1 atom stereocenters. The smallest absolute Gasteiger partial charge is 0.224 e. The van der Waals surface area contributed by atoms with Gasteiger partial charge in [0.15, 0.2) is 0 Å². The lowest BCUT2D eigenvalue weighted by Crippen LogP contribution is -2.42. The summed E-state index contributed by atoms with van der Waals surface area (Å²) < 4.78 is 18.2. The van der Waals surface area contributed by atoms with Crippen LogP contribution in [0.25, 0.3) is 0 Å². The summed E-state index contributed by atoms with van der Waals surface area (Å²) in [5, 5.41) is 12.9. The molecule has 138 valence electrons. The molecule has 0 radical (unpaired) electrons. The van der Waals surface area contributed by atoms with Gasteiger partial charge >= 0.3 is 0 Å². The fourth-order valence-electron chi connectivity index (χ4n) is 3.13. The van der Waals surface area contributed by atoms with Crippen molar-refractivity contribution in [1.82, 2.24) is 10.3 Å². The van der Waals surface area contributed by atoms with Crippen LogP contribution < -0.4 is 10.1 Å². The number of ether oxygens (including phenoxy) is 1. The summed E-state index contributed by atoms with van der Waals surface area (Å²) in [5.74, 6) is -0.0380. The number of aliphatic hydroxyl groups excluding tert-OH is 1. The number of aromatic nitrogens is 1. The molecule has 0 unspecified atom stereocenters. The Bertz CT molecular complexity index is 779. The van der Waals surface area contributed by atoms with Crippen LogP contribution in [0, 0.1) is 11.7 Å². The van der Waals surface area contributed by atoms with E-state index < -0.39 is 5.82 Å². The number of benzene rings is 1. The molecule has 1 aliphatic rings. The third-order valence-electron chi connectivity index (χ3n) is 4.63. The van der Waals surface area contributed by atoms with Gasteiger partial charge in [0.2, 0.25) is 11.8 Å². The fourth-order valence-corrected chi connectivity index (χ4v) is 3.37. The predicted octanol–water partition coefficient (Wildman–Crippen LogP) is 3.05. The standard InChI is InChI=1S/C19H20ClFN2O3/c1-26-18-5-3-12(10-22-18)19(13-6-15(24)7-13)23-17(25)8-11-2-4-14(21)9-16(11)20/h2-5,9-10,13,15,19,24H,6-8H2,1H3,(H,23,25)/t13?,15?,19-/m0/s1. The minimum Gasteiger partial charge on any atom is -0.481 e. The normalized spacial score (nSPS) is 20.2. The van der Waals surface area contributed by atoms with Gasteiger partial charge in [0, 0.05) is 17.3 Å². The molecule has 3 rings (SSSR count). The third kappa shape index (κ3) is 4.31. The third-order valence-corrected chi connectivity index (χ3v) is 4.98. The molecule has 1 aromatic heterocycles. The number of hydrogen-bond donors (Lipinski definition) is 2. The second kappa shape index (κ2) is 8.01. The number of carbonyl (C=O) groups excluding carboxylic acids is 1. The quantitative estimate of drug-likeness (QED) is 0.810. The number of carbonyl (C=O) groups is 1. The Hall–Kier alpha value is -2.18. The number of nitrogens with one attached hydrogen (secondary N) is 1. The van der Waals surface area contributed by atoms with Gasteiger partial charge in [-0.2, -0.15) is 0 Å². The molecule has 1 saturated carbocycles. The Morgan fingerprint density at radius 2 is 2.19 bits per heavy atom. The van der Waals surface area contributed by atoms with Crippen LogP contribution in [0.1, 0.15) is 30.0 Å². The average molecular weight is 379 g/mol. The minimum atomic E-state index is -0.440. The molecule has 1 aliphatic carbocycles. The zero-order valence-electron chi connectivity index (χ0n) is 14.3. The molecular weight excluding hydrogens is 359 g/mol.